The number of hydrazine groups is 1. The second-order valence-electron chi connectivity index (χ2n) is 7.63. The standard InChI is InChI=1S/C19H23N3O4/c1-12-6-8-19(9-7-12)17(24)22(18(25)20-19)21-16(23)14-10-13-4-2-3-5-15(13)26-11-14/h2-5,12,14H,6-11H2,1H3,(H,20,25)(H,21,23). The fourth-order valence-corrected chi connectivity index (χ4v) is 4.01. The van der Waals surface area contributed by atoms with Crippen LogP contribution in [0.3, 0.4) is 0 Å². The lowest BCUT2D eigenvalue weighted by Crippen LogP contribution is -2.53. The molecule has 1 saturated heterocycles. The maximum absolute atomic E-state index is 12.8. The van der Waals surface area contributed by atoms with E-state index in [2.05, 4.69) is 17.7 Å². The first kappa shape index (κ1) is 16.9. The predicted molar refractivity (Wildman–Crippen MR) is 93.0 cm³/mol. The highest BCUT2D eigenvalue weighted by Crippen LogP contribution is 2.36. The predicted octanol–water partition coefficient (Wildman–Crippen LogP) is 1.77. The van der Waals surface area contributed by atoms with E-state index in [1.807, 2.05) is 24.3 Å². The van der Waals surface area contributed by atoms with Gasteiger partial charge < -0.3 is 10.1 Å². The zero-order valence-corrected chi connectivity index (χ0v) is 14.8. The molecule has 7 nitrogen and oxygen atoms in total. The van der Waals surface area contributed by atoms with E-state index in [1.165, 1.54) is 0 Å². The quantitative estimate of drug-likeness (QED) is 0.790. The van der Waals surface area contributed by atoms with Crippen LogP contribution >= 0.6 is 0 Å². The number of nitrogens with zero attached hydrogens (tertiary/aromatic N) is 1. The maximum atomic E-state index is 12.8. The molecule has 0 bridgehead atoms. The van der Waals surface area contributed by atoms with Gasteiger partial charge in [0.2, 0.25) is 5.91 Å². The molecule has 4 rings (SSSR count). The van der Waals surface area contributed by atoms with Crippen LogP contribution in [0, 0.1) is 11.8 Å². The van der Waals surface area contributed by atoms with Gasteiger partial charge in [0.1, 0.15) is 17.9 Å². The highest BCUT2D eigenvalue weighted by Gasteiger charge is 2.53. The Kier molecular flexibility index (Phi) is 4.09. The van der Waals surface area contributed by atoms with Crippen molar-refractivity contribution in [1.82, 2.24) is 15.8 Å². The minimum Gasteiger partial charge on any atom is -0.492 e. The van der Waals surface area contributed by atoms with Crippen LogP contribution in [-0.4, -0.2) is 35.0 Å². The van der Waals surface area contributed by atoms with Crippen molar-refractivity contribution in [1.29, 1.82) is 0 Å². The van der Waals surface area contributed by atoms with E-state index in [1.54, 1.807) is 0 Å². The van der Waals surface area contributed by atoms with Gasteiger partial charge >= 0.3 is 6.03 Å². The van der Waals surface area contributed by atoms with E-state index in [4.69, 9.17) is 4.74 Å². The molecule has 1 saturated carbocycles. The van der Waals surface area contributed by atoms with Gasteiger partial charge in [-0.15, -0.1) is 0 Å². The Morgan fingerprint density at radius 3 is 2.77 bits per heavy atom. The van der Waals surface area contributed by atoms with Crippen LogP contribution in [-0.2, 0) is 16.0 Å². The number of rotatable bonds is 2. The fraction of sp³-hybridized carbons (Fsp3) is 0.526. The summed E-state index contributed by atoms with van der Waals surface area (Å²) < 4.78 is 5.63. The van der Waals surface area contributed by atoms with Crippen molar-refractivity contribution < 1.29 is 19.1 Å². The van der Waals surface area contributed by atoms with Gasteiger partial charge in [-0.25, -0.2) is 4.79 Å². The molecule has 7 heteroatoms. The van der Waals surface area contributed by atoms with Gasteiger partial charge in [0.25, 0.3) is 5.91 Å². The van der Waals surface area contributed by atoms with E-state index in [-0.39, 0.29) is 18.4 Å². The molecule has 1 aromatic rings. The number of benzene rings is 1. The van der Waals surface area contributed by atoms with Crippen molar-refractivity contribution in [3.63, 3.8) is 0 Å². The molecule has 0 aromatic heterocycles. The highest BCUT2D eigenvalue weighted by molar-refractivity contribution is 6.08. The van der Waals surface area contributed by atoms with Gasteiger partial charge in [-0.2, -0.15) is 5.01 Å². The molecule has 138 valence electrons. The van der Waals surface area contributed by atoms with E-state index in [0.717, 1.165) is 29.2 Å². The molecule has 26 heavy (non-hydrogen) atoms. The minimum atomic E-state index is -0.855. The molecule has 1 unspecified atom stereocenters. The summed E-state index contributed by atoms with van der Waals surface area (Å²) in [5.41, 5.74) is 2.61. The number of ether oxygens (including phenoxy) is 1. The summed E-state index contributed by atoms with van der Waals surface area (Å²) in [5, 5.41) is 3.67. The lowest BCUT2D eigenvalue weighted by Gasteiger charge is -2.33. The van der Waals surface area contributed by atoms with Crippen molar-refractivity contribution in [2.45, 2.75) is 44.6 Å². The lowest BCUT2D eigenvalue weighted by molar-refractivity contribution is -0.142. The first-order valence-electron chi connectivity index (χ1n) is 9.16. The van der Waals surface area contributed by atoms with Crippen molar-refractivity contribution in [2.24, 2.45) is 11.8 Å². The number of para-hydroxylation sites is 1. The van der Waals surface area contributed by atoms with Crippen molar-refractivity contribution >= 4 is 17.8 Å². The molecule has 1 spiro atoms. The Balaban J connectivity index is 1.43. The zero-order chi connectivity index (χ0) is 18.3. The lowest BCUT2D eigenvalue weighted by atomic mass is 9.77. The smallest absolute Gasteiger partial charge is 0.344 e. The number of nitrogens with one attached hydrogen (secondary N) is 2. The van der Waals surface area contributed by atoms with Crippen molar-refractivity contribution in [3.8, 4) is 5.75 Å². The van der Waals surface area contributed by atoms with Gasteiger partial charge in [0.05, 0.1) is 5.92 Å². The molecular weight excluding hydrogens is 334 g/mol. The van der Waals surface area contributed by atoms with Crippen LogP contribution in [0.25, 0.3) is 0 Å². The molecule has 1 aliphatic carbocycles. The molecule has 3 aliphatic rings. The molecule has 2 heterocycles. The summed E-state index contributed by atoms with van der Waals surface area (Å²) in [7, 11) is 0. The number of hydrogen-bond acceptors (Lipinski definition) is 4. The molecular formula is C19H23N3O4. The van der Waals surface area contributed by atoms with Crippen molar-refractivity contribution in [2.75, 3.05) is 6.61 Å². The summed E-state index contributed by atoms with van der Waals surface area (Å²) in [6, 6.07) is 7.02. The van der Waals surface area contributed by atoms with Crippen LogP contribution in [0.4, 0.5) is 4.79 Å². The molecule has 1 atom stereocenters. The van der Waals surface area contributed by atoms with Crippen LogP contribution in [0.2, 0.25) is 0 Å². The van der Waals surface area contributed by atoms with Crippen molar-refractivity contribution in [3.05, 3.63) is 29.8 Å². The van der Waals surface area contributed by atoms with E-state index >= 15 is 0 Å². The van der Waals surface area contributed by atoms with Gasteiger partial charge in [-0.3, -0.25) is 15.0 Å². The number of carbonyl (C=O) groups is 3. The summed E-state index contributed by atoms with van der Waals surface area (Å²) in [5.74, 6) is 0.174. The first-order valence-corrected chi connectivity index (χ1v) is 9.16. The van der Waals surface area contributed by atoms with E-state index in [9.17, 15) is 14.4 Å². The monoisotopic (exact) mass is 357 g/mol. The summed E-state index contributed by atoms with van der Waals surface area (Å²) in [4.78, 5) is 37.7. The molecule has 4 amide bonds. The SMILES string of the molecule is CC1CCC2(CC1)NC(=O)N(NC(=O)C1COc3ccccc3C1)C2=O. The van der Waals surface area contributed by atoms with E-state index < -0.39 is 17.5 Å². The molecule has 1 aromatic carbocycles. The summed E-state index contributed by atoms with van der Waals surface area (Å²) in [6.07, 6.45) is 3.53. The molecule has 2 aliphatic heterocycles. The topological polar surface area (TPSA) is 87.7 Å². The number of carbonyl (C=O) groups excluding carboxylic acids is 3. The van der Waals surface area contributed by atoms with Gasteiger partial charge in [-0.05, 0) is 49.7 Å². The Bertz CT molecular complexity index is 755. The second kappa shape index (κ2) is 6.30. The maximum Gasteiger partial charge on any atom is 0.344 e. The largest absolute Gasteiger partial charge is 0.492 e. The molecule has 0 radical (unpaired) electrons. The fourth-order valence-electron chi connectivity index (χ4n) is 4.01. The van der Waals surface area contributed by atoms with Gasteiger partial charge in [-0.1, -0.05) is 25.1 Å². The van der Waals surface area contributed by atoms with Crippen LogP contribution in [0.1, 0.15) is 38.2 Å². The average molecular weight is 357 g/mol. The van der Waals surface area contributed by atoms with Crippen LogP contribution in [0.5, 0.6) is 5.75 Å². The third-order valence-corrected chi connectivity index (χ3v) is 5.76. The third kappa shape index (κ3) is 2.81. The molecule has 2 fully saturated rings. The number of hydrogen-bond donors (Lipinski definition) is 2. The number of urea groups is 1. The third-order valence-electron chi connectivity index (χ3n) is 5.76. The van der Waals surface area contributed by atoms with Gasteiger partial charge in [0, 0.05) is 0 Å². The van der Waals surface area contributed by atoms with E-state index in [0.29, 0.717) is 25.2 Å². The number of amides is 4. The first-order chi connectivity index (χ1) is 12.5. The number of imide groups is 1. The Hall–Kier alpha value is -2.57. The normalized spacial score (nSPS) is 30.6. The summed E-state index contributed by atoms with van der Waals surface area (Å²) >= 11 is 0. The zero-order valence-electron chi connectivity index (χ0n) is 14.8. The number of fused-ring (bicyclic) bond motifs is 1. The Morgan fingerprint density at radius 1 is 1.27 bits per heavy atom. The van der Waals surface area contributed by atoms with Gasteiger partial charge in [0.15, 0.2) is 0 Å². The average Bonchev–Trinajstić information content (AvgIpc) is 2.88. The summed E-state index contributed by atoms with van der Waals surface area (Å²) in [6.45, 7) is 2.38. The highest BCUT2D eigenvalue weighted by atomic mass is 16.5. The minimum absolute atomic E-state index is 0.231. The Labute approximate surface area is 152 Å². The van der Waals surface area contributed by atoms with Crippen LogP contribution < -0.4 is 15.5 Å². The molecule has 2 N–H and O–H groups in total. The van der Waals surface area contributed by atoms with Crippen LogP contribution in [0.15, 0.2) is 24.3 Å². The second-order valence-corrected chi connectivity index (χ2v) is 7.63. The Morgan fingerprint density at radius 2 is 2.00 bits per heavy atom.